The highest BCUT2D eigenvalue weighted by Crippen LogP contribution is 2.32. The molecule has 0 amide bonds. The lowest BCUT2D eigenvalue weighted by molar-refractivity contribution is -0.0578. The molecule has 3 heterocycles. The summed E-state index contributed by atoms with van der Waals surface area (Å²) in [6, 6.07) is -0.0240. The summed E-state index contributed by atoms with van der Waals surface area (Å²) in [4.78, 5) is 28.2. The minimum absolute atomic E-state index is 0.0240. The monoisotopic (exact) mass is 311 g/mol. The Balaban J connectivity index is 1.93. The third-order valence-corrected chi connectivity index (χ3v) is 4.30. The van der Waals surface area contributed by atoms with E-state index in [1.807, 2.05) is 0 Å². The number of nitrogens with one attached hydrogen (secondary N) is 1. The quantitative estimate of drug-likeness (QED) is 0.730. The van der Waals surface area contributed by atoms with Crippen LogP contribution in [0.15, 0.2) is 15.8 Å². The molecule has 8 nitrogen and oxygen atoms in total. The molecule has 2 N–H and O–H groups in total. The van der Waals surface area contributed by atoms with Crippen molar-refractivity contribution in [2.45, 2.75) is 31.7 Å². The number of ether oxygens (including phenoxy) is 2. The van der Waals surface area contributed by atoms with Crippen LogP contribution in [-0.2, 0) is 9.47 Å². The van der Waals surface area contributed by atoms with Crippen molar-refractivity contribution in [1.29, 1.82) is 0 Å². The summed E-state index contributed by atoms with van der Waals surface area (Å²) in [6.07, 6.45) is 1.35. The summed E-state index contributed by atoms with van der Waals surface area (Å²) in [7, 11) is 0. The number of nitrogens with zero attached hydrogens (tertiary/aromatic N) is 2. The number of hydrogen-bond acceptors (Lipinski definition) is 6. The molecule has 1 aromatic heterocycles. The fraction of sp³-hybridized carbons (Fsp3) is 0.714. The van der Waals surface area contributed by atoms with Gasteiger partial charge in [0.05, 0.1) is 32.0 Å². The molecule has 2 fully saturated rings. The molecule has 0 bridgehead atoms. The molecular weight excluding hydrogens is 290 g/mol. The second-order valence-corrected chi connectivity index (χ2v) is 5.76. The number of morpholine rings is 1. The average Bonchev–Trinajstić information content (AvgIpc) is 2.96. The maximum absolute atomic E-state index is 12.1. The van der Waals surface area contributed by atoms with Gasteiger partial charge in [-0.2, -0.15) is 0 Å². The summed E-state index contributed by atoms with van der Waals surface area (Å²) in [5.74, 6) is 0. The molecule has 8 heteroatoms. The maximum Gasteiger partial charge on any atom is 0.330 e. The standard InChI is InChI=1S/C14H21N3O5/c1-9-7-17(14(20)15-12(9)19)13-11(6-10(8-18)22-13)16-2-4-21-5-3-16/h7,10-11,13,18H,2-6,8H2,1H3,(H,15,19,20)/t10-,11+,13+/m0/s1. The number of aryl methyl sites for hydroxylation is 1. The minimum Gasteiger partial charge on any atom is -0.394 e. The highest BCUT2D eigenvalue weighted by atomic mass is 16.5. The Kier molecular flexibility index (Phi) is 4.44. The first-order valence-electron chi connectivity index (χ1n) is 7.50. The van der Waals surface area contributed by atoms with E-state index in [0.717, 1.165) is 13.1 Å². The molecule has 122 valence electrons. The summed E-state index contributed by atoms with van der Waals surface area (Å²) in [6.45, 7) is 4.38. The Morgan fingerprint density at radius 1 is 1.36 bits per heavy atom. The van der Waals surface area contributed by atoms with E-state index >= 15 is 0 Å². The molecule has 3 rings (SSSR count). The largest absolute Gasteiger partial charge is 0.394 e. The predicted octanol–water partition coefficient (Wildman–Crippen LogP) is -1.17. The van der Waals surface area contributed by atoms with E-state index in [9.17, 15) is 14.7 Å². The number of aliphatic hydroxyl groups is 1. The number of aliphatic hydroxyl groups excluding tert-OH is 1. The van der Waals surface area contributed by atoms with Crippen LogP contribution in [0.5, 0.6) is 0 Å². The molecule has 0 saturated carbocycles. The molecule has 22 heavy (non-hydrogen) atoms. The van der Waals surface area contributed by atoms with Gasteiger partial charge in [0.2, 0.25) is 0 Å². The summed E-state index contributed by atoms with van der Waals surface area (Å²) in [5.41, 5.74) is -0.422. The van der Waals surface area contributed by atoms with Gasteiger partial charge in [0.25, 0.3) is 5.56 Å². The first kappa shape index (κ1) is 15.4. The minimum atomic E-state index is -0.515. The maximum atomic E-state index is 12.1. The Hall–Kier alpha value is -1.48. The number of hydrogen-bond donors (Lipinski definition) is 2. The normalized spacial score (nSPS) is 29.8. The summed E-state index contributed by atoms with van der Waals surface area (Å²) >= 11 is 0. The lowest BCUT2D eigenvalue weighted by atomic mass is 10.1. The van der Waals surface area contributed by atoms with Crippen LogP contribution in [-0.4, -0.2) is 64.6 Å². The second kappa shape index (κ2) is 6.33. The Bertz CT molecular complexity index is 634. The molecule has 0 unspecified atom stereocenters. The number of aromatic nitrogens is 2. The van der Waals surface area contributed by atoms with Crippen molar-refractivity contribution in [2.75, 3.05) is 32.9 Å². The van der Waals surface area contributed by atoms with Gasteiger partial charge in [0, 0.05) is 24.8 Å². The smallest absolute Gasteiger partial charge is 0.330 e. The summed E-state index contributed by atoms with van der Waals surface area (Å²) < 4.78 is 12.6. The molecule has 2 aliphatic rings. The SMILES string of the molecule is Cc1cn([C@@H]2O[C@H](CO)C[C@H]2N2CCOCC2)c(=O)[nH]c1=O. The van der Waals surface area contributed by atoms with Gasteiger partial charge < -0.3 is 14.6 Å². The Labute approximate surface area is 127 Å². The van der Waals surface area contributed by atoms with Crippen molar-refractivity contribution in [1.82, 2.24) is 14.5 Å². The Morgan fingerprint density at radius 3 is 2.77 bits per heavy atom. The molecule has 3 atom stereocenters. The van der Waals surface area contributed by atoms with Gasteiger partial charge in [-0.25, -0.2) is 4.79 Å². The molecule has 2 saturated heterocycles. The lowest BCUT2D eigenvalue weighted by Gasteiger charge is -2.34. The zero-order chi connectivity index (χ0) is 15.7. The van der Waals surface area contributed by atoms with Crippen LogP contribution in [0.3, 0.4) is 0 Å². The average molecular weight is 311 g/mol. The molecule has 0 aliphatic carbocycles. The highest BCUT2D eigenvalue weighted by Gasteiger charge is 2.40. The van der Waals surface area contributed by atoms with E-state index in [4.69, 9.17) is 9.47 Å². The van der Waals surface area contributed by atoms with Gasteiger partial charge in [0.1, 0.15) is 0 Å². The van der Waals surface area contributed by atoms with Crippen molar-refractivity contribution in [3.8, 4) is 0 Å². The Morgan fingerprint density at radius 2 is 2.09 bits per heavy atom. The van der Waals surface area contributed by atoms with Gasteiger partial charge in [-0.15, -0.1) is 0 Å². The van der Waals surface area contributed by atoms with Gasteiger partial charge in [0.15, 0.2) is 6.23 Å². The fourth-order valence-electron chi connectivity index (χ4n) is 3.11. The van der Waals surface area contributed by atoms with E-state index in [1.54, 1.807) is 6.92 Å². The van der Waals surface area contributed by atoms with Gasteiger partial charge >= 0.3 is 5.69 Å². The molecule has 2 aliphatic heterocycles. The van der Waals surface area contributed by atoms with Gasteiger partial charge in [-0.3, -0.25) is 19.2 Å². The van der Waals surface area contributed by atoms with Crippen molar-refractivity contribution in [3.63, 3.8) is 0 Å². The number of rotatable bonds is 3. The third kappa shape index (κ3) is 2.87. The van der Waals surface area contributed by atoms with Crippen molar-refractivity contribution in [3.05, 3.63) is 32.6 Å². The van der Waals surface area contributed by atoms with Crippen LogP contribution in [0.2, 0.25) is 0 Å². The predicted molar refractivity (Wildman–Crippen MR) is 77.9 cm³/mol. The van der Waals surface area contributed by atoms with Crippen molar-refractivity contribution >= 4 is 0 Å². The molecule has 0 radical (unpaired) electrons. The number of aromatic amines is 1. The number of H-pyrrole nitrogens is 1. The van der Waals surface area contributed by atoms with Gasteiger partial charge in [-0.05, 0) is 13.3 Å². The van der Waals surface area contributed by atoms with Crippen LogP contribution in [0.4, 0.5) is 0 Å². The van der Waals surface area contributed by atoms with Crippen LogP contribution >= 0.6 is 0 Å². The first-order valence-corrected chi connectivity index (χ1v) is 7.50. The van der Waals surface area contributed by atoms with E-state index in [1.165, 1.54) is 10.8 Å². The fourth-order valence-corrected chi connectivity index (χ4v) is 3.11. The van der Waals surface area contributed by atoms with Crippen LogP contribution in [0.25, 0.3) is 0 Å². The van der Waals surface area contributed by atoms with E-state index < -0.39 is 11.9 Å². The van der Waals surface area contributed by atoms with Crippen LogP contribution in [0.1, 0.15) is 18.2 Å². The second-order valence-electron chi connectivity index (χ2n) is 5.76. The highest BCUT2D eigenvalue weighted by molar-refractivity contribution is 5.03. The molecule has 0 spiro atoms. The van der Waals surface area contributed by atoms with Crippen LogP contribution < -0.4 is 11.2 Å². The van der Waals surface area contributed by atoms with E-state index in [-0.39, 0.29) is 24.3 Å². The van der Waals surface area contributed by atoms with E-state index in [2.05, 4.69) is 9.88 Å². The molecular formula is C14H21N3O5. The topological polar surface area (TPSA) is 96.8 Å². The third-order valence-electron chi connectivity index (χ3n) is 4.30. The van der Waals surface area contributed by atoms with Crippen molar-refractivity contribution < 1.29 is 14.6 Å². The first-order chi connectivity index (χ1) is 10.6. The summed E-state index contributed by atoms with van der Waals surface area (Å²) in [5, 5.41) is 9.40. The van der Waals surface area contributed by atoms with Crippen LogP contribution in [0, 0.1) is 6.92 Å². The lowest BCUT2D eigenvalue weighted by Crippen LogP contribution is -2.48. The van der Waals surface area contributed by atoms with E-state index in [0.29, 0.717) is 25.2 Å². The van der Waals surface area contributed by atoms with Crippen molar-refractivity contribution in [2.24, 2.45) is 0 Å². The zero-order valence-corrected chi connectivity index (χ0v) is 12.5. The van der Waals surface area contributed by atoms with Gasteiger partial charge in [-0.1, -0.05) is 0 Å². The zero-order valence-electron chi connectivity index (χ0n) is 12.5. The molecule has 0 aromatic carbocycles. The molecule has 1 aromatic rings.